The molecule has 1 heterocycles. The molecule has 1 aliphatic heterocycles. The van der Waals surface area contributed by atoms with Crippen molar-refractivity contribution in [2.45, 2.75) is 44.6 Å². The number of hydrogen-bond acceptors (Lipinski definition) is 2. The highest BCUT2D eigenvalue weighted by Crippen LogP contribution is 2.33. The summed E-state index contributed by atoms with van der Waals surface area (Å²) in [7, 11) is 0. The first kappa shape index (κ1) is 9.47. The van der Waals surface area contributed by atoms with Crippen molar-refractivity contribution in [3.05, 3.63) is 0 Å². The van der Waals surface area contributed by atoms with Crippen LogP contribution in [0.15, 0.2) is 0 Å². The highest BCUT2D eigenvalue weighted by Gasteiger charge is 2.24. The molecule has 1 unspecified atom stereocenters. The van der Waals surface area contributed by atoms with Gasteiger partial charge in [-0.25, -0.2) is 0 Å². The van der Waals surface area contributed by atoms with E-state index in [-0.39, 0.29) is 0 Å². The molecule has 0 radical (unpaired) electrons. The molecule has 2 N–H and O–H groups in total. The minimum absolute atomic E-state index is 0.450. The summed E-state index contributed by atoms with van der Waals surface area (Å²) in [5.74, 6) is 0.986. The van der Waals surface area contributed by atoms with Crippen LogP contribution < -0.4 is 5.73 Å². The molecule has 0 spiro atoms. The summed E-state index contributed by atoms with van der Waals surface area (Å²) >= 11 is 0. The van der Waals surface area contributed by atoms with E-state index in [1.807, 2.05) is 0 Å². The van der Waals surface area contributed by atoms with E-state index in [2.05, 4.69) is 4.90 Å². The van der Waals surface area contributed by atoms with Crippen molar-refractivity contribution < 1.29 is 0 Å². The molecule has 0 amide bonds. The van der Waals surface area contributed by atoms with Gasteiger partial charge >= 0.3 is 0 Å². The van der Waals surface area contributed by atoms with Gasteiger partial charge in [0.15, 0.2) is 0 Å². The van der Waals surface area contributed by atoms with Crippen LogP contribution in [0.25, 0.3) is 0 Å². The Morgan fingerprint density at radius 3 is 2.46 bits per heavy atom. The van der Waals surface area contributed by atoms with Crippen LogP contribution in [0.1, 0.15) is 38.5 Å². The average molecular weight is 182 g/mol. The molecular formula is C11H22N2. The van der Waals surface area contributed by atoms with Gasteiger partial charge in [0, 0.05) is 12.6 Å². The van der Waals surface area contributed by atoms with Crippen LogP contribution in [0, 0.1) is 5.92 Å². The molecule has 1 atom stereocenters. The standard InChI is InChI=1S/C11H22N2/c12-11(8-10-4-5-10)9-13-6-2-1-3-7-13/h10-11H,1-9,12H2. The van der Waals surface area contributed by atoms with E-state index in [1.54, 1.807) is 0 Å². The third-order valence-electron chi connectivity index (χ3n) is 3.27. The number of hydrogen-bond donors (Lipinski definition) is 1. The summed E-state index contributed by atoms with van der Waals surface area (Å²) in [5, 5.41) is 0. The van der Waals surface area contributed by atoms with E-state index >= 15 is 0 Å². The summed E-state index contributed by atoms with van der Waals surface area (Å²) in [5.41, 5.74) is 6.10. The lowest BCUT2D eigenvalue weighted by Gasteiger charge is -2.28. The van der Waals surface area contributed by atoms with Crippen molar-refractivity contribution in [1.82, 2.24) is 4.90 Å². The van der Waals surface area contributed by atoms with Crippen LogP contribution in [-0.4, -0.2) is 30.6 Å². The van der Waals surface area contributed by atoms with Crippen LogP contribution in [-0.2, 0) is 0 Å². The van der Waals surface area contributed by atoms with Crippen molar-refractivity contribution in [2.75, 3.05) is 19.6 Å². The second-order valence-corrected chi connectivity index (χ2v) is 4.80. The Hall–Kier alpha value is -0.0800. The van der Waals surface area contributed by atoms with Gasteiger partial charge < -0.3 is 10.6 Å². The normalized spacial score (nSPS) is 27.5. The van der Waals surface area contributed by atoms with Crippen molar-refractivity contribution in [1.29, 1.82) is 0 Å². The fraction of sp³-hybridized carbons (Fsp3) is 1.00. The van der Waals surface area contributed by atoms with Gasteiger partial charge in [0.05, 0.1) is 0 Å². The first-order valence-corrected chi connectivity index (χ1v) is 5.82. The summed E-state index contributed by atoms with van der Waals surface area (Å²) in [6.07, 6.45) is 8.35. The molecule has 0 aromatic rings. The quantitative estimate of drug-likeness (QED) is 0.715. The van der Waals surface area contributed by atoms with Crippen molar-refractivity contribution in [3.63, 3.8) is 0 Å². The topological polar surface area (TPSA) is 29.3 Å². The maximum Gasteiger partial charge on any atom is 0.0170 e. The predicted molar refractivity (Wildman–Crippen MR) is 55.6 cm³/mol. The Labute approximate surface area is 81.5 Å². The van der Waals surface area contributed by atoms with Gasteiger partial charge in [0.1, 0.15) is 0 Å². The zero-order valence-corrected chi connectivity index (χ0v) is 8.54. The van der Waals surface area contributed by atoms with Gasteiger partial charge in [-0.1, -0.05) is 19.3 Å². The number of nitrogens with zero attached hydrogens (tertiary/aromatic N) is 1. The van der Waals surface area contributed by atoms with Crippen LogP contribution in [0.5, 0.6) is 0 Å². The summed E-state index contributed by atoms with van der Waals surface area (Å²) in [4.78, 5) is 2.55. The van der Waals surface area contributed by atoms with E-state index in [9.17, 15) is 0 Å². The van der Waals surface area contributed by atoms with Gasteiger partial charge in [0.2, 0.25) is 0 Å². The monoisotopic (exact) mass is 182 g/mol. The maximum atomic E-state index is 6.10. The first-order valence-electron chi connectivity index (χ1n) is 5.82. The molecule has 2 aliphatic rings. The van der Waals surface area contributed by atoms with Gasteiger partial charge in [-0.2, -0.15) is 0 Å². The van der Waals surface area contributed by atoms with Crippen LogP contribution in [0.4, 0.5) is 0 Å². The van der Waals surface area contributed by atoms with Gasteiger partial charge in [-0.3, -0.25) is 0 Å². The SMILES string of the molecule is NC(CC1CC1)CN1CCCCC1. The molecule has 2 rings (SSSR count). The molecule has 0 aromatic heterocycles. The Kier molecular flexibility index (Phi) is 3.23. The predicted octanol–water partition coefficient (Wildman–Crippen LogP) is 1.60. The van der Waals surface area contributed by atoms with Gasteiger partial charge in [0.25, 0.3) is 0 Å². The minimum Gasteiger partial charge on any atom is -0.327 e. The molecular weight excluding hydrogens is 160 g/mol. The number of piperidine rings is 1. The van der Waals surface area contributed by atoms with E-state index < -0.39 is 0 Å². The fourth-order valence-corrected chi connectivity index (χ4v) is 2.33. The molecule has 0 aromatic carbocycles. The average Bonchev–Trinajstić information content (AvgIpc) is 2.90. The zero-order valence-electron chi connectivity index (χ0n) is 8.54. The van der Waals surface area contributed by atoms with Crippen molar-refractivity contribution >= 4 is 0 Å². The third-order valence-corrected chi connectivity index (χ3v) is 3.27. The highest BCUT2D eigenvalue weighted by atomic mass is 15.1. The zero-order chi connectivity index (χ0) is 9.10. The van der Waals surface area contributed by atoms with Crippen LogP contribution in [0.2, 0.25) is 0 Å². The Morgan fingerprint density at radius 2 is 1.85 bits per heavy atom. The third kappa shape index (κ3) is 3.28. The maximum absolute atomic E-state index is 6.10. The van der Waals surface area contributed by atoms with E-state index in [0.29, 0.717) is 6.04 Å². The van der Waals surface area contributed by atoms with Gasteiger partial charge in [-0.15, -0.1) is 0 Å². The second kappa shape index (κ2) is 4.43. The molecule has 76 valence electrons. The molecule has 2 heteroatoms. The number of likely N-dealkylation sites (tertiary alicyclic amines) is 1. The Bertz CT molecular complexity index is 148. The van der Waals surface area contributed by atoms with E-state index in [4.69, 9.17) is 5.73 Å². The van der Waals surface area contributed by atoms with E-state index in [1.165, 1.54) is 51.6 Å². The summed E-state index contributed by atoms with van der Waals surface area (Å²) in [6.45, 7) is 3.73. The van der Waals surface area contributed by atoms with Crippen LogP contribution in [0.3, 0.4) is 0 Å². The lowest BCUT2D eigenvalue weighted by atomic mass is 10.1. The number of rotatable bonds is 4. The lowest BCUT2D eigenvalue weighted by Crippen LogP contribution is -2.40. The number of nitrogens with two attached hydrogens (primary N) is 1. The minimum atomic E-state index is 0.450. The molecule has 2 nitrogen and oxygen atoms in total. The smallest absolute Gasteiger partial charge is 0.0170 e. The molecule has 1 aliphatic carbocycles. The van der Waals surface area contributed by atoms with E-state index in [0.717, 1.165) is 12.5 Å². The fourth-order valence-electron chi connectivity index (χ4n) is 2.33. The summed E-state index contributed by atoms with van der Waals surface area (Å²) in [6, 6.07) is 0.450. The molecule has 1 saturated carbocycles. The Balaban J connectivity index is 1.62. The van der Waals surface area contributed by atoms with Gasteiger partial charge in [-0.05, 0) is 38.3 Å². The van der Waals surface area contributed by atoms with Crippen molar-refractivity contribution in [3.8, 4) is 0 Å². The largest absolute Gasteiger partial charge is 0.327 e. The molecule has 2 fully saturated rings. The van der Waals surface area contributed by atoms with Crippen LogP contribution >= 0.6 is 0 Å². The highest BCUT2D eigenvalue weighted by molar-refractivity contribution is 4.80. The summed E-state index contributed by atoms with van der Waals surface area (Å²) < 4.78 is 0. The second-order valence-electron chi connectivity index (χ2n) is 4.80. The van der Waals surface area contributed by atoms with Crippen molar-refractivity contribution in [2.24, 2.45) is 11.7 Å². The lowest BCUT2D eigenvalue weighted by molar-refractivity contribution is 0.211. The Morgan fingerprint density at radius 1 is 1.15 bits per heavy atom. The molecule has 13 heavy (non-hydrogen) atoms. The first-order chi connectivity index (χ1) is 6.34. The molecule has 0 bridgehead atoms. The molecule has 1 saturated heterocycles.